The van der Waals surface area contributed by atoms with Gasteiger partial charge < -0.3 is 10.8 Å². The van der Waals surface area contributed by atoms with Crippen molar-refractivity contribution < 1.29 is 9.90 Å². The van der Waals surface area contributed by atoms with Crippen LogP contribution >= 0.6 is 15.9 Å². The van der Waals surface area contributed by atoms with Gasteiger partial charge in [0.15, 0.2) is 0 Å². The molecule has 0 saturated heterocycles. The van der Waals surface area contributed by atoms with Gasteiger partial charge in [-0.25, -0.2) is 0 Å². The van der Waals surface area contributed by atoms with E-state index in [-0.39, 0.29) is 6.42 Å². The first-order valence-corrected chi connectivity index (χ1v) is 4.46. The molecule has 0 aromatic carbocycles. The molecule has 1 heterocycles. The highest BCUT2D eigenvalue weighted by atomic mass is 79.9. The summed E-state index contributed by atoms with van der Waals surface area (Å²) >= 11 is 3.27. The van der Waals surface area contributed by atoms with Crippen LogP contribution in [0.25, 0.3) is 0 Å². The maximum Gasteiger partial charge on any atom is 0.305 e. The fourth-order valence-corrected chi connectivity index (χ4v) is 1.47. The zero-order valence-electron chi connectivity index (χ0n) is 7.07. The molecule has 0 amide bonds. The van der Waals surface area contributed by atoms with E-state index in [1.165, 1.54) is 0 Å². The Kier molecular flexibility index (Phi) is 3.05. The Morgan fingerprint density at radius 2 is 2.54 bits per heavy atom. The molecule has 72 valence electrons. The van der Waals surface area contributed by atoms with E-state index in [0.29, 0.717) is 5.56 Å². The Hall–Kier alpha value is -0.880. The molecule has 0 bridgehead atoms. The van der Waals surface area contributed by atoms with Crippen molar-refractivity contribution in [3.63, 3.8) is 0 Å². The summed E-state index contributed by atoms with van der Waals surface area (Å²) in [5.74, 6) is -0.914. The van der Waals surface area contributed by atoms with E-state index in [1.807, 2.05) is 0 Å². The van der Waals surface area contributed by atoms with Crippen molar-refractivity contribution in [2.75, 3.05) is 0 Å². The number of halogens is 1. The highest BCUT2D eigenvalue weighted by Gasteiger charge is 2.16. The fraction of sp³-hybridized carbons (Fsp3) is 0.429. The molecule has 0 spiro atoms. The van der Waals surface area contributed by atoms with Crippen LogP contribution in [0.15, 0.2) is 10.8 Å². The molecule has 6 heteroatoms. The highest BCUT2D eigenvalue weighted by Crippen LogP contribution is 2.22. The molecule has 5 nitrogen and oxygen atoms in total. The minimum Gasteiger partial charge on any atom is -0.481 e. The fourth-order valence-electron chi connectivity index (χ4n) is 0.986. The Bertz CT molecular complexity index is 324. The first-order chi connectivity index (χ1) is 6.02. The maximum atomic E-state index is 10.4. The summed E-state index contributed by atoms with van der Waals surface area (Å²) in [4.78, 5) is 10.4. The number of aromatic nitrogens is 2. The summed E-state index contributed by atoms with van der Waals surface area (Å²) < 4.78 is 2.32. The quantitative estimate of drug-likeness (QED) is 0.823. The summed E-state index contributed by atoms with van der Waals surface area (Å²) in [6.07, 6.45) is 1.47. The van der Waals surface area contributed by atoms with E-state index in [2.05, 4.69) is 21.0 Å². The molecular weight excluding hydrogens is 238 g/mol. The van der Waals surface area contributed by atoms with E-state index >= 15 is 0 Å². The van der Waals surface area contributed by atoms with Gasteiger partial charge in [-0.2, -0.15) is 5.10 Å². The van der Waals surface area contributed by atoms with Crippen molar-refractivity contribution in [2.24, 2.45) is 12.8 Å². The van der Waals surface area contributed by atoms with Gasteiger partial charge in [-0.1, -0.05) is 0 Å². The van der Waals surface area contributed by atoms with Crippen molar-refractivity contribution in [1.29, 1.82) is 0 Å². The van der Waals surface area contributed by atoms with Crippen molar-refractivity contribution in [2.45, 2.75) is 12.5 Å². The number of carboxylic acids is 1. The molecule has 1 rings (SSSR count). The number of aliphatic carboxylic acids is 1. The standard InChI is InChI=1S/C7H10BrN3O2/c1-11-7(8)4(3-10-11)5(9)2-6(12)13/h3,5H,2,9H2,1H3,(H,12,13)/t5-/m0/s1. The summed E-state index contributed by atoms with van der Waals surface area (Å²) in [7, 11) is 1.75. The number of rotatable bonds is 3. The first-order valence-electron chi connectivity index (χ1n) is 3.67. The summed E-state index contributed by atoms with van der Waals surface area (Å²) in [6.45, 7) is 0. The lowest BCUT2D eigenvalue weighted by Gasteiger charge is -2.06. The van der Waals surface area contributed by atoms with Crippen LogP contribution in [0.3, 0.4) is 0 Å². The molecule has 1 aromatic rings. The van der Waals surface area contributed by atoms with E-state index in [4.69, 9.17) is 10.8 Å². The Morgan fingerprint density at radius 1 is 1.92 bits per heavy atom. The predicted molar refractivity (Wildman–Crippen MR) is 50.1 cm³/mol. The lowest BCUT2D eigenvalue weighted by Crippen LogP contribution is -2.15. The van der Waals surface area contributed by atoms with Gasteiger partial charge in [0.25, 0.3) is 0 Å². The molecule has 0 radical (unpaired) electrons. The lowest BCUT2D eigenvalue weighted by molar-refractivity contribution is -0.137. The number of aryl methyl sites for hydroxylation is 1. The average Bonchev–Trinajstić information content (AvgIpc) is 2.31. The van der Waals surface area contributed by atoms with E-state index in [1.54, 1.807) is 17.9 Å². The summed E-state index contributed by atoms with van der Waals surface area (Å²) in [5.41, 5.74) is 6.36. The van der Waals surface area contributed by atoms with Crippen molar-refractivity contribution in [3.8, 4) is 0 Å². The molecule has 1 aromatic heterocycles. The molecule has 13 heavy (non-hydrogen) atoms. The second kappa shape index (κ2) is 3.89. The zero-order chi connectivity index (χ0) is 10.0. The molecule has 0 aliphatic carbocycles. The third-order valence-corrected chi connectivity index (χ3v) is 2.66. The number of nitrogens with zero attached hydrogens (tertiary/aromatic N) is 2. The SMILES string of the molecule is Cn1ncc([C@@H](N)CC(=O)O)c1Br. The topological polar surface area (TPSA) is 81.1 Å². The molecule has 0 saturated carbocycles. The number of carboxylic acid groups (broad SMARTS) is 1. The average molecular weight is 248 g/mol. The van der Waals surface area contributed by atoms with E-state index in [0.717, 1.165) is 4.60 Å². The van der Waals surface area contributed by atoms with Gasteiger partial charge in [0.05, 0.1) is 12.6 Å². The molecule has 0 aliphatic heterocycles. The van der Waals surface area contributed by atoms with Gasteiger partial charge in [0, 0.05) is 18.7 Å². The largest absolute Gasteiger partial charge is 0.481 e. The molecule has 0 fully saturated rings. The summed E-state index contributed by atoms with van der Waals surface area (Å²) in [6, 6.07) is -0.513. The molecular formula is C7H10BrN3O2. The number of hydrogen-bond acceptors (Lipinski definition) is 3. The van der Waals surface area contributed by atoms with Gasteiger partial charge in [0.1, 0.15) is 4.60 Å². The minimum absolute atomic E-state index is 0.0930. The molecule has 1 atom stereocenters. The predicted octanol–water partition coefficient (Wildman–Crippen LogP) is 0.657. The van der Waals surface area contributed by atoms with E-state index < -0.39 is 12.0 Å². The van der Waals surface area contributed by atoms with Gasteiger partial charge in [0.2, 0.25) is 0 Å². The second-order valence-electron chi connectivity index (χ2n) is 2.72. The zero-order valence-corrected chi connectivity index (χ0v) is 8.65. The summed E-state index contributed by atoms with van der Waals surface area (Å²) in [5, 5.41) is 12.5. The van der Waals surface area contributed by atoms with Crippen LogP contribution in [0.4, 0.5) is 0 Å². The number of carbonyl (C=O) groups is 1. The van der Waals surface area contributed by atoms with Crippen molar-refractivity contribution >= 4 is 21.9 Å². The third-order valence-electron chi connectivity index (χ3n) is 1.69. The van der Waals surface area contributed by atoms with Crippen LogP contribution in [0.5, 0.6) is 0 Å². The Balaban J connectivity index is 2.82. The van der Waals surface area contributed by atoms with Crippen LogP contribution < -0.4 is 5.73 Å². The van der Waals surface area contributed by atoms with Gasteiger partial charge in [-0.3, -0.25) is 9.48 Å². The van der Waals surface area contributed by atoms with E-state index in [9.17, 15) is 4.79 Å². The monoisotopic (exact) mass is 247 g/mol. The van der Waals surface area contributed by atoms with Crippen LogP contribution in [-0.2, 0) is 11.8 Å². The molecule has 3 N–H and O–H groups in total. The normalized spacial score (nSPS) is 12.8. The van der Waals surface area contributed by atoms with Crippen LogP contribution in [0.1, 0.15) is 18.0 Å². The van der Waals surface area contributed by atoms with Crippen molar-refractivity contribution in [3.05, 3.63) is 16.4 Å². The van der Waals surface area contributed by atoms with Crippen LogP contribution in [0, 0.1) is 0 Å². The third kappa shape index (κ3) is 2.28. The maximum absolute atomic E-state index is 10.4. The van der Waals surface area contributed by atoms with Gasteiger partial charge in [-0.15, -0.1) is 0 Å². The highest BCUT2D eigenvalue weighted by molar-refractivity contribution is 9.10. The lowest BCUT2D eigenvalue weighted by atomic mass is 10.1. The Labute approximate surface area is 83.7 Å². The first kappa shape index (κ1) is 10.2. The number of hydrogen-bond donors (Lipinski definition) is 2. The van der Waals surface area contributed by atoms with Gasteiger partial charge >= 0.3 is 5.97 Å². The molecule has 0 aliphatic rings. The van der Waals surface area contributed by atoms with Crippen LogP contribution in [0.2, 0.25) is 0 Å². The van der Waals surface area contributed by atoms with Crippen LogP contribution in [-0.4, -0.2) is 20.9 Å². The smallest absolute Gasteiger partial charge is 0.305 e. The van der Waals surface area contributed by atoms with Crippen molar-refractivity contribution in [1.82, 2.24) is 9.78 Å². The Morgan fingerprint density at radius 3 is 2.92 bits per heavy atom. The second-order valence-corrected chi connectivity index (χ2v) is 3.47. The van der Waals surface area contributed by atoms with Gasteiger partial charge in [-0.05, 0) is 15.9 Å². The minimum atomic E-state index is -0.914. The number of nitrogens with two attached hydrogens (primary N) is 1. The molecule has 0 unspecified atom stereocenters.